The van der Waals surface area contributed by atoms with Gasteiger partial charge in [-0.15, -0.1) is 0 Å². The molecule has 0 radical (unpaired) electrons. The van der Waals surface area contributed by atoms with Crippen LogP contribution in [0.1, 0.15) is 11.6 Å². The third-order valence-electron chi connectivity index (χ3n) is 5.85. The first-order valence-electron chi connectivity index (χ1n) is 10.5. The van der Waals surface area contributed by atoms with E-state index in [1.54, 1.807) is 6.33 Å². The van der Waals surface area contributed by atoms with Gasteiger partial charge in [0.2, 0.25) is 5.11 Å². The van der Waals surface area contributed by atoms with Gasteiger partial charge < -0.3 is 15.2 Å². The molecule has 0 saturated carbocycles. The number of fused-ring (bicyclic) bond motifs is 2. The number of anilines is 2. The SMILES string of the molecule is S=C1N=C(Nc2ccccc2Br)C(c2ccc3ccccc3c2)N1c1ccc2nc[nH]c2c1. The molecule has 5 nitrogen and oxygen atoms in total. The van der Waals surface area contributed by atoms with E-state index in [0.29, 0.717) is 5.11 Å². The summed E-state index contributed by atoms with van der Waals surface area (Å²) in [5.74, 6) is 0.784. The van der Waals surface area contributed by atoms with Crippen molar-refractivity contribution in [2.24, 2.45) is 4.99 Å². The van der Waals surface area contributed by atoms with Gasteiger partial charge in [-0.25, -0.2) is 9.98 Å². The number of nitrogens with one attached hydrogen (secondary N) is 2. The Hall–Kier alpha value is -3.55. The van der Waals surface area contributed by atoms with Crippen LogP contribution < -0.4 is 10.2 Å². The van der Waals surface area contributed by atoms with Crippen molar-refractivity contribution in [3.05, 3.63) is 101 Å². The molecule has 2 heterocycles. The fourth-order valence-corrected chi connectivity index (χ4v) is 4.96. The molecule has 160 valence electrons. The van der Waals surface area contributed by atoms with Crippen molar-refractivity contribution in [2.75, 3.05) is 10.2 Å². The van der Waals surface area contributed by atoms with Gasteiger partial charge in [-0.2, -0.15) is 0 Å². The van der Waals surface area contributed by atoms with Crippen LogP contribution in [-0.4, -0.2) is 20.9 Å². The summed E-state index contributed by atoms with van der Waals surface area (Å²) >= 11 is 9.42. The molecule has 1 unspecified atom stereocenters. The number of aromatic amines is 1. The number of thiocarbonyl (C=S) groups is 1. The quantitative estimate of drug-likeness (QED) is 0.260. The zero-order valence-corrected chi connectivity index (χ0v) is 19.8. The van der Waals surface area contributed by atoms with Crippen LogP contribution >= 0.6 is 28.1 Å². The number of halogens is 1. The zero-order valence-electron chi connectivity index (χ0n) is 17.4. The first kappa shape index (κ1) is 20.1. The Morgan fingerprint density at radius 1 is 0.909 bits per heavy atom. The first-order valence-corrected chi connectivity index (χ1v) is 11.7. The highest BCUT2D eigenvalue weighted by Gasteiger charge is 2.35. The summed E-state index contributed by atoms with van der Waals surface area (Å²) in [6.45, 7) is 0. The lowest BCUT2D eigenvalue weighted by Crippen LogP contribution is -2.33. The molecule has 0 bridgehead atoms. The number of aliphatic imine (C=N–C) groups is 1. The van der Waals surface area contributed by atoms with Crippen LogP contribution in [0.15, 0.2) is 101 Å². The summed E-state index contributed by atoms with van der Waals surface area (Å²) < 4.78 is 0.966. The van der Waals surface area contributed by atoms with Crippen LogP contribution in [0.2, 0.25) is 0 Å². The molecule has 7 heteroatoms. The molecule has 0 fully saturated rings. The Balaban J connectivity index is 1.49. The van der Waals surface area contributed by atoms with Crippen LogP contribution in [0.25, 0.3) is 21.8 Å². The van der Waals surface area contributed by atoms with Gasteiger partial charge >= 0.3 is 0 Å². The van der Waals surface area contributed by atoms with Crippen molar-refractivity contribution < 1.29 is 0 Å². The molecule has 1 atom stereocenters. The number of hydrogen-bond donors (Lipinski definition) is 2. The van der Waals surface area contributed by atoms with Gasteiger partial charge in [0, 0.05) is 10.2 Å². The number of aromatic nitrogens is 2. The minimum Gasteiger partial charge on any atom is -0.345 e. The Labute approximate surface area is 204 Å². The molecule has 6 rings (SSSR count). The largest absolute Gasteiger partial charge is 0.345 e. The highest BCUT2D eigenvalue weighted by Crippen LogP contribution is 2.37. The van der Waals surface area contributed by atoms with E-state index in [9.17, 15) is 0 Å². The van der Waals surface area contributed by atoms with Crippen molar-refractivity contribution >= 4 is 72.3 Å². The van der Waals surface area contributed by atoms with Gasteiger partial charge in [-0.3, -0.25) is 0 Å². The summed E-state index contributed by atoms with van der Waals surface area (Å²) in [5.41, 5.74) is 4.88. The van der Waals surface area contributed by atoms with Crippen molar-refractivity contribution in [1.82, 2.24) is 9.97 Å². The monoisotopic (exact) mass is 511 g/mol. The Morgan fingerprint density at radius 3 is 2.61 bits per heavy atom. The van der Waals surface area contributed by atoms with Gasteiger partial charge in [0.15, 0.2) is 0 Å². The van der Waals surface area contributed by atoms with E-state index in [-0.39, 0.29) is 6.04 Å². The smallest absolute Gasteiger partial charge is 0.202 e. The van der Waals surface area contributed by atoms with Gasteiger partial charge in [-0.1, -0.05) is 48.5 Å². The minimum atomic E-state index is -0.199. The summed E-state index contributed by atoms with van der Waals surface area (Å²) in [6, 6.07) is 28.8. The number of rotatable bonds is 3. The number of nitrogens with zero attached hydrogens (tertiary/aromatic N) is 3. The molecule has 0 spiro atoms. The molecule has 1 aliphatic rings. The highest BCUT2D eigenvalue weighted by atomic mass is 79.9. The van der Waals surface area contributed by atoms with Crippen molar-refractivity contribution in [1.29, 1.82) is 0 Å². The predicted molar refractivity (Wildman–Crippen MR) is 143 cm³/mol. The molecular formula is C26H18BrN5S. The first-order chi connectivity index (χ1) is 16.2. The van der Waals surface area contributed by atoms with E-state index >= 15 is 0 Å². The Bertz CT molecular complexity index is 1560. The van der Waals surface area contributed by atoms with E-state index in [2.05, 4.69) is 84.6 Å². The molecule has 0 aliphatic carbocycles. The number of para-hydroxylation sites is 1. The maximum Gasteiger partial charge on any atom is 0.202 e. The third kappa shape index (κ3) is 3.59. The topological polar surface area (TPSA) is 56.3 Å². The molecule has 33 heavy (non-hydrogen) atoms. The number of H-pyrrole nitrogens is 1. The van der Waals surface area contributed by atoms with Crippen LogP contribution in [0.4, 0.5) is 11.4 Å². The van der Waals surface area contributed by atoms with Crippen LogP contribution in [0.5, 0.6) is 0 Å². The molecular weight excluding hydrogens is 494 g/mol. The van der Waals surface area contributed by atoms with Crippen LogP contribution in [0.3, 0.4) is 0 Å². The second-order valence-electron chi connectivity index (χ2n) is 7.87. The van der Waals surface area contributed by atoms with Gasteiger partial charge in [0.25, 0.3) is 0 Å². The van der Waals surface area contributed by atoms with Gasteiger partial charge in [0.1, 0.15) is 11.9 Å². The minimum absolute atomic E-state index is 0.199. The lowest BCUT2D eigenvalue weighted by atomic mass is 10.00. The second kappa shape index (κ2) is 8.10. The van der Waals surface area contributed by atoms with E-state index in [1.165, 1.54) is 10.8 Å². The molecule has 0 saturated heterocycles. The van der Waals surface area contributed by atoms with Crippen LogP contribution in [-0.2, 0) is 0 Å². The lowest BCUT2D eigenvalue weighted by Gasteiger charge is -2.28. The maximum atomic E-state index is 5.78. The van der Waals surface area contributed by atoms with Gasteiger partial charge in [0.05, 0.1) is 23.0 Å². The van der Waals surface area contributed by atoms with E-state index < -0.39 is 0 Å². The highest BCUT2D eigenvalue weighted by molar-refractivity contribution is 9.10. The Kier molecular flexibility index (Phi) is 4.93. The summed E-state index contributed by atoms with van der Waals surface area (Å²) in [7, 11) is 0. The summed E-state index contributed by atoms with van der Waals surface area (Å²) in [5, 5.41) is 6.41. The lowest BCUT2D eigenvalue weighted by molar-refractivity contribution is 0.951. The Morgan fingerprint density at radius 2 is 1.73 bits per heavy atom. The third-order valence-corrected chi connectivity index (χ3v) is 6.83. The predicted octanol–water partition coefficient (Wildman–Crippen LogP) is 6.84. The van der Waals surface area contributed by atoms with Crippen LogP contribution in [0, 0.1) is 0 Å². The standard InChI is InChI=1S/C26H18BrN5S/c27-20-7-3-4-8-21(20)30-25-24(18-10-9-16-5-1-2-6-17(16)13-18)32(26(33)31-25)19-11-12-22-23(14-19)29-15-28-22/h1-15,24H,(H,28,29)(H,30,31,33). The molecule has 4 aromatic carbocycles. The number of benzene rings is 4. The average molecular weight is 512 g/mol. The number of imidazole rings is 1. The second-order valence-corrected chi connectivity index (χ2v) is 9.09. The zero-order chi connectivity index (χ0) is 22.4. The molecule has 1 aromatic heterocycles. The number of amidine groups is 1. The summed E-state index contributed by atoms with van der Waals surface area (Å²) in [6.07, 6.45) is 1.70. The van der Waals surface area contributed by atoms with Crippen molar-refractivity contribution in [3.63, 3.8) is 0 Å². The normalized spacial score (nSPS) is 15.9. The molecule has 1 aliphatic heterocycles. The maximum absolute atomic E-state index is 5.78. The van der Waals surface area contributed by atoms with Crippen molar-refractivity contribution in [3.8, 4) is 0 Å². The summed E-state index contributed by atoms with van der Waals surface area (Å²) in [4.78, 5) is 14.4. The fraction of sp³-hybridized carbons (Fsp3) is 0.0385. The molecule has 0 amide bonds. The number of hydrogen-bond acceptors (Lipinski definition) is 3. The average Bonchev–Trinajstić information content (AvgIpc) is 3.43. The molecule has 2 N–H and O–H groups in total. The fourth-order valence-electron chi connectivity index (χ4n) is 4.27. The van der Waals surface area contributed by atoms with E-state index in [4.69, 9.17) is 17.2 Å². The van der Waals surface area contributed by atoms with E-state index in [1.807, 2.05) is 36.4 Å². The molecule has 5 aromatic rings. The van der Waals surface area contributed by atoms with Gasteiger partial charge in [-0.05, 0) is 80.9 Å². The van der Waals surface area contributed by atoms with Crippen molar-refractivity contribution in [2.45, 2.75) is 6.04 Å². The van der Waals surface area contributed by atoms with E-state index in [0.717, 1.165) is 38.3 Å².